The highest BCUT2D eigenvalue weighted by Gasteiger charge is 2.53. The third-order valence-corrected chi connectivity index (χ3v) is 7.85. The Morgan fingerprint density at radius 1 is 1.25 bits per heavy atom. The first kappa shape index (κ1) is 21.7. The molecular formula is C24H41NO3. The van der Waals surface area contributed by atoms with Crippen molar-refractivity contribution in [1.82, 2.24) is 5.32 Å². The average Bonchev–Trinajstić information content (AvgIpc) is 2.67. The third-order valence-electron chi connectivity index (χ3n) is 7.85. The maximum atomic E-state index is 12.4. The monoisotopic (exact) mass is 391 g/mol. The molecule has 0 unspecified atom stereocenters. The van der Waals surface area contributed by atoms with Crippen molar-refractivity contribution in [1.29, 1.82) is 0 Å². The summed E-state index contributed by atoms with van der Waals surface area (Å²) in [5.41, 5.74) is 1.36. The van der Waals surface area contributed by atoms with E-state index in [2.05, 4.69) is 39.1 Å². The molecule has 3 aliphatic rings. The highest BCUT2D eigenvalue weighted by molar-refractivity contribution is 5.67. The molecule has 0 aromatic rings. The number of amides is 1. The standard InChI is InChI=1S/C24H41NO3/c1-5-6-8-13-21-22-17(2)14-18(3)24(15-27-21,19(22)4)16-28-23(26)25-20-11-9-7-10-12-20/h14,18-22H,5-13,15-16H2,1-4H3,(H,25,26)/t18-,19-,21+,22-,24-/m1/s1. The molecular weight excluding hydrogens is 350 g/mol. The number of rotatable bonds is 7. The lowest BCUT2D eigenvalue weighted by Gasteiger charge is -2.55. The molecule has 0 radical (unpaired) electrons. The minimum atomic E-state index is -0.242. The summed E-state index contributed by atoms with van der Waals surface area (Å²) in [7, 11) is 0. The Kier molecular flexibility index (Phi) is 7.47. The molecule has 1 heterocycles. The number of alkyl carbamates (subject to hydrolysis) is 1. The van der Waals surface area contributed by atoms with Crippen LogP contribution in [0.15, 0.2) is 11.6 Å². The SMILES string of the molecule is CCCCC[C@@H]1OC[C@@]2(COC(=O)NC3CCCCC3)[C@H](C)C=C(C)[C@@H]1[C@H]2C. The van der Waals surface area contributed by atoms with E-state index in [1.54, 1.807) is 0 Å². The molecule has 1 N–H and O–H groups in total. The van der Waals surface area contributed by atoms with Gasteiger partial charge < -0.3 is 14.8 Å². The van der Waals surface area contributed by atoms with Crippen molar-refractivity contribution in [3.8, 4) is 0 Å². The molecule has 1 saturated carbocycles. The van der Waals surface area contributed by atoms with Gasteiger partial charge in [-0.25, -0.2) is 4.79 Å². The lowest BCUT2D eigenvalue weighted by Crippen LogP contribution is -2.57. The smallest absolute Gasteiger partial charge is 0.407 e. The van der Waals surface area contributed by atoms with E-state index in [0.717, 1.165) is 19.3 Å². The number of allylic oxidation sites excluding steroid dienone is 1. The molecule has 0 spiro atoms. The predicted octanol–water partition coefficient (Wildman–Crippen LogP) is 5.86. The van der Waals surface area contributed by atoms with Crippen LogP contribution in [0.4, 0.5) is 4.79 Å². The van der Waals surface area contributed by atoms with Gasteiger partial charge in [-0.3, -0.25) is 0 Å². The van der Waals surface area contributed by atoms with Gasteiger partial charge in [-0.1, -0.05) is 70.9 Å². The zero-order valence-electron chi connectivity index (χ0n) is 18.5. The van der Waals surface area contributed by atoms with Gasteiger partial charge in [-0.05, 0) is 38.0 Å². The van der Waals surface area contributed by atoms with Crippen molar-refractivity contribution in [3.63, 3.8) is 0 Å². The number of ether oxygens (including phenoxy) is 2. The van der Waals surface area contributed by atoms with Crippen molar-refractivity contribution in [2.75, 3.05) is 13.2 Å². The molecule has 28 heavy (non-hydrogen) atoms. The molecule has 0 aromatic heterocycles. The van der Waals surface area contributed by atoms with Crippen molar-refractivity contribution in [2.24, 2.45) is 23.2 Å². The minimum Gasteiger partial charge on any atom is -0.449 e. The summed E-state index contributed by atoms with van der Waals surface area (Å²) in [5, 5.41) is 3.09. The van der Waals surface area contributed by atoms with E-state index in [0.29, 0.717) is 43.1 Å². The van der Waals surface area contributed by atoms with Crippen molar-refractivity contribution in [2.45, 2.75) is 97.6 Å². The molecule has 4 nitrogen and oxygen atoms in total. The average molecular weight is 392 g/mol. The van der Waals surface area contributed by atoms with Crippen LogP contribution in [0.25, 0.3) is 0 Å². The summed E-state index contributed by atoms with van der Waals surface area (Å²) < 4.78 is 12.2. The Labute approximate surface area is 171 Å². The summed E-state index contributed by atoms with van der Waals surface area (Å²) >= 11 is 0. The molecule has 2 bridgehead atoms. The highest BCUT2D eigenvalue weighted by atomic mass is 16.6. The quantitative estimate of drug-likeness (QED) is 0.437. The number of carbonyl (C=O) groups excluding carboxylic acids is 1. The Morgan fingerprint density at radius 2 is 2.00 bits per heavy atom. The largest absolute Gasteiger partial charge is 0.449 e. The van der Waals surface area contributed by atoms with Crippen LogP contribution in [0.5, 0.6) is 0 Å². The van der Waals surface area contributed by atoms with Crippen molar-refractivity contribution < 1.29 is 14.3 Å². The fourth-order valence-electron chi connectivity index (χ4n) is 5.90. The summed E-state index contributed by atoms with van der Waals surface area (Å²) in [6.07, 6.45) is 13.3. The van der Waals surface area contributed by atoms with Crippen LogP contribution in [0.1, 0.15) is 85.5 Å². The van der Waals surface area contributed by atoms with Gasteiger partial charge in [0, 0.05) is 17.4 Å². The second-order valence-electron chi connectivity index (χ2n) is 9.65. The molecule has 1 amide bonds. The molecule has 1 aliphatic heterocycles. The number of fused-ring (bicyclic) bond motifs is 2. The summed E-state index contributed by atoms with van der Waals surface area (Å²) in [6.45, 7) is 10.3. The fourth-order valence-corrected chi connectivity index (χ4v) is 5.90. The lowest BCUT2D eigenvalue weighted by molar-refractivity contribution is -0.165. The zero-order valence-corrected chi connectivity index (χ0v) is 18.5. The van der Waals surface area contributed by atoms with Gasteiger partial charge >= 0.3 is 6.09 Å². The van der Waals surface area contributed by atoms with Crippen molar-refractivity contribution >= 4 is 6.09 Å². The lowest BCUT2D eigenvalue weighted by atomic mass is 9.56. The first-order valence-electron chi connectivity index (χ1n) is 11.7. The van der Waals surface area contributed by atoms with Gasteiger partial charge in [0.15, 0.2) is 0 Å². The van der Waals surface area contributed by atoms with Gasteiger partial charge in [0.25, 0.3) is 0 Å². The van der Waals surface area contributed by atoms with Crippen LogP contribution in [0.2, 0.25) is 0 Å². The highest BCUT2D eigenvalue weighted by Crippen LogP contribution is 2.53. The first-order chi connectivity index (χ1) is 13.5. The molecule has 2 fully saturated rings. The molecule has 1 saturated heterocycles. The topological polar surface area (TPSA) is 47.6 Å². The maximum Gasteiger partial charge on any atom is 0.407 e. The van der Waals surface area contributed by atoms with Crippen molar-refractivity contribution in [3.05, 3.63) is 11.6 Å². The van der Waals surface area contributed by atoms with Crippen LogP contribution >= 0.6 is 0 Å². The number of hydrogen-bond donors (Lipinski definition) is 1. The van der Waals surface area contributed by atoms with E-state index in [-0.39, 0.29) is 11.5 Å². The molecule has 3 rings (SSSR count). The van der Waals surface area contributed by atoms with Crippen LogP contribution in [0.3, 0.4) is 0 Å². The minimum absolute atomic E-state index is 0.102. The second-order valence-corrected chi connectivity index (χ2v) is 9.65. The third kappa shape index (κ3) is 4.58. The van der Waals surface area contributed by atoms with Gasteiger partial charge in [0.05, 0.1) is 12.7 Å². The summed E-state index contributed by atoms with van der Waals surface area (Å²) in [5.74, 6) is 1.28. The van der Waals surface area contributed by atoms with Gasteiger partial charge in [-0.2, -0.15) is 0 Å². The van der Waals surface area contributed by atoms with E-state index in [1.165, 1.54) is 44.1 Å². The van der Waals surface area contributed by atoms with Crippen LogP contribution < -0.4 is 5.32 Å². The van der Waals surface area contributed by atoms with Gasteiger partial charge in [0.2, 0.25) is 0 Å². The van der Waals surface area contributed by atoms with E-state index in [1.807, 2.05) is 0 Å². The van der Waals surface area contributed by atoms with E-state index in [4.69, 9.17) is 9.47 Å². The summed E-state index contributed by atoms with van der Waals surface area (Å²) in [4.78, 5) is 12.4. The maximum absolute atomic E-state index is 12.4. The predicted molar refractivity (Wildman–Crippen MR) is 113 cm³/mol. The number of hydrogen-bond acceptors (Lipinski definition) is 3. The normalized spacial score (nSPS) is 35.9. The Balaban J connectivity index is 1.62. The van der Waals surface area contributed by atoms with Gasteiger partial charge in [0.1, 0.15) is 6.61 Å². The molecule has 2 aliphatic carbocycles. The second kappa shape index (κ2) is 9.65. The van der Waals surface area contributed by atoms with Crippen LogP contribution in [-0.4, -0.2) is 31.5 Å². The summed E-state index contributed by atoms with van der Waals surface area (Å²) in [6, 6.07) is 0.292. The number of unbranched alkanes of at least 4 members (excludes halogenated alkanes) is 2. The van der Waals surface area contributed by atoms with E-state index < -0.39 is 0 Å². The van der Waals surface area contributed by atoms with Crippen LogP contribution in [-0.2, 0) is 9.47 Å². The molecule has 0 aromatic carbocycles. The number of nitrogens with one attached hydrogen (secondary N) is 1. The van der Waals surface area contributed by atoms with E-state index in [9.17, 15) is 4.79 Å². The molecule has 5 atom stereocenters. The number of carbonyl (C=O) groups is 1. The first-order valence-corrected chi connectivity index (χ1v) is 11.7. The molecule has 160 valence electrons. The van der Waals surface area contributed by atoms with Gasteiger partial charge in [-0.15, -0.1) is 0 Å². The fraction of sp³-hybridized carbons (Fsp3) is 0.875. The Bertz CT molecular complexity index is 554. The van der Waals surface area contributed by atoms with Crippen LogP contribution in [0, 0.1) is 23.2 Å². The molecule has 4 heteroatoms. The van der Waals surface area contributed by atoms with E-state index >= 15 is 0 Å². The zero-order chi connectivity index (χ0) is 20.1. The Hall–Kier alpha value is -1.03. The Morgan fingerprint density at radius 3 is 2.71 bits per heavy atom.